The Labute approximate surface area is 222 Å². The van der Waals surface area contributed by atoms with Gasteiger partial charge in [0.2, 0.25) is 24.2 Å². The molecule has 2 aliphatic rings. The Hall–Kier alpha value is -2.76. The number of carbonyl (C=O) groups excluding carboxylic acids is 1. The predicted octanol–water partition coefficient (Wildman–Crippen LogP) is 5.51. The lowest BCUT2D eigenvalue weighted by atomic mass is 9.73. The average Bonchev–Trinajstić information content (AvgIpc) is 3.19. The number of carbonyl (C=O) groups is 1. The Morgan fingerprint density at radius 2 is 2.00 bits per heavy atom. The molecule has 2 aromatic heterocycles. The zero-order valence-electron chi connectivity index (χ0n) is 20.1. The maximum Gasteiger partial charge on any atom is 0.224 e. The van der Waals surface area contributed by atoms with E-state index >= 15 is 0 Å². The molecule has 2 fully saturated rings. The number of fused-ring (bicyclic) bond motifs is 1. The lowest BCUT2D eigenvalue weighted by Gasteiger charge is -2.35. The molecule has 1 aliphatic heterocycles. The van der Waals surface area contributed by atoms with Crippen LogP contribution in [0.5, 0.6) is 0 Å². The highest BCUT2D eigenvalue weighted by molar-refractivity contribution is 6.36. The third kappa shape index (κ3) is 5.30. The summed E-state index contributed by atoms with van der Waals surface area (Å²) in [6.45, 7) is 2.18. The molecular formula is C24H27Cl2F2N7O2. The maximum atomic E-state index is 14.8. The second kappa shape index (κ2) is 10.2. The van der Waals surface area contributed by atoms with Crippen molar-refractivity contribution in [2.45, 2.75) is 63.9 Å². The minimum Gasteiger partial charge on any atom is -0.369 e. The Bertz CT molecular complexity index is 1310. The summed E-state index contributed by atoms with van der Waals surface area (Å²) >= 11 is 12.2. The van der Waals surface area contributed by atoms with Gasteiger partial charge in [0.25, 0.3) is 0 Å². The van der Waals surface area contributed by atoms with Crippen molar-refractivity contribution in [1.82, 2.24) is 19.5 Å². The van der Waals surface area contributed by atoms with Crippen LogP contribution in [0.2, 0.25) is 10.0 Å². The number of imidazole rings is 1. The third-order valence-electron chi connectivity index (χ3n) is 7.26. The van der Waals surface area contributed by atoms with Crippen LogP contribution >= 0.6 is 23.2 Å². The molecule has 198 valence electrons. The number of hydrogen-bond donors (Lipinski definition) is 3. The van der Waals surface area contributed by atoms with Gasteiger partial charge < -0.3 is 21.1 Å². The molecule has 0 unspecified atom stereocenters. The first-order chi connectivity index (χ1) is 17.6. The molecule has 5 rings (SSSR count). The van der Waals surface area contributed by atoms with E-state index in [4.69, 9.17) is 38.7 Å². The molecule has 1 aromatic carbocycles. The van der Waals surface area contributed by atoms with E-state index in [0.29, 0.717) is 61.8 Å². The van der Waals surface area contributed by atoms with E-state index in [9.17, 15) is 13.6 Å². The summed E-state index contributed by atoms with van der Waals surface area (Å²) in [5.74, 6) is -0.305. The van der Waals surface area contributed by atoms with Crippen LogP contribution in [-0.2, 0) is 9.53 Å². The third-order valence-corrected chi connectivity index (χ3v) is 7.78. The summed E-state index contributed by atoms with van der Waals surface area (Å²) in [4.78, 5) is 25.7. The number of ether oxygens (including phenoxy) is 1. The van der Waals surface area contributed by atoms with Crippen LogP contribution in [0.3, 0.4) is 0 Å². The van der Waals surface area contributed by atoms with Gasteiger partial charge in [-0.05, 0) is 44.2 Å². The van der Waals surface area contributed by atoms with Crippen molar-refractivity contribution in [1.29, 1.82) is 0 Å². The van der Waals surface area contributed by atoms with E-state index in [0.717, 1.165) is 6.07 Å². The normalized spacial score (nSPS) is 26.2. The van der Waals surface area contributed by atoms with E-state index in [1.165, 1.54) is 6.07 Å². The Kier molecular flexibility index (Phi) is 7.12. The van der Waals surface area contributed by atoms with Gasteiger partial charge in [-0.25, -0.2) is 18.7 Å². The van der Waals surface area contributed by atoms with E-state index in [1.54, 1.807) is 6.20 Å². The first kappa shape index (κ1) is 25.9. The molecule has 3 heterocycles. The van der Waals surface area contributed by atoms with E-state index in [1.807, 2.05) is 11.5 Å². The predicted molar refractivity (Wildman–Crippen MR) is 137 cm³/mol. The van der Waals surface area contributed by atoms with Crippen molar-refractivity contribution in [3.8, 4) is 0 Å². The van der Waals surface area contributed by atoms with Crippen molar-refractivity contribution in [2.24, 2.45) is 11.1 Å². The number of halogens is 4. The van der Waals surface area contributed by atoms with Crippen molar-refractivity contribution in [2.75, 3.05) is 17.2 Å². The standard InChI is InChI=1S/C24H27Cl2F2N7O2/c1-24(21(29)36)5-2-14(3-6-24)35-20-17(11-30-22(34-20)31-13-4-7-37-18(28)10-13)32-23(35)33-19-15(26)8-12(25)9-16(19)27/h8-9,11,13-14,18H,2-7,10H2,1H3,(H2,29,36)(H,32,33)(H,30,31,34)/t13-,14?,18+,24?/m0/s1. The molecule has 1 saturated carbocycles. The van der Waals surface area contributed by atoms with Crippen LogP contribution in [0, 0.1) is 11.2 Å². The molecule has 2 atom stereocenters. The van der Waals surface area contributed by atoms with Crippen LogP contribution in [0.15, 0.2) is 18.3 Å². The van der Waals surface area contributed by atoms with Gasteiger partial charge in [0, 0.05) is 28.9 Å². The number of aromatic nitrogens is 4. The average molecular weight is 554 g/mol. The largest absolute Gasteiger partial charge is 0.369 e. The molecule has 3 aromatic rings. The van der Waals surface area contributed by atoms with Crippen molar-refractivity contribution in [3.63, 3.8) is 0 Å². The fraction of sp³-hybridized carbons (Fsp3) is 0.500. The summed E-state index contributed by atoms with van der Waals surface area (Å²) in [6, 6.07) is 2.32. The van der Waals surface area contributed by atoms with E-state index in [-0.39, 0.29) is 40.1 Å². The summed E-state index contributed by atoms with van der Waals surface area (Å²) in [5.41, 5.74) is 6.08. The molecule has 4 N–H and O–H groups in total. The highest BCUT2D eigenvalue weighted by atomic mass is 35.5. The zero-order chi connectivity index (χ0) is 26.3. The minimum absolute atomic E-state index is 0.0305. The second-order valence-electron chi connectivity index (χ2n) is 9.88. The van der Waals surface area contributed by atoms with Gasteiger partial charge in [0.15, 0.2) is 5.65 Å². The number of rotatable bonds is 6. The fourth-order valence-electron chi connectivity index (χ4n) is 4.97. The van der Waals surface area contributed by atoms with Gasteiger partial charge in [-0.15, -0.1) is 0 Å². The lowest BCUT2D eigenvalue weighted by Crippen LogP contribution is -2.38. The number of hydrogen-bond acceptors (Lipinski definition) is 7. The number of nitrogens with one attached hydrogen (secondary N) is 2. The number of nitrogens with two attached hydrogens (primary N) is 1. The molecular weight excluding hydrogens is 527 g/mol. The Morgan fingerprint density at radius 1 is 1.24 bits per heavy atom. The van der Waals surface area contributed by atoms with Gasteiger partial charge >= 0.3 is 0 Å². The molecule has 13 heteroatoms. The molecule has 1 saturated heterocycles. The zero-order valence-corrected chi connectivity index (χ0v) is 21.6. The second-order valence-corrected chi connectivity index (χ2v) is 10.7. The van der Waals surface area contributed by atoms with Gasteiger partial charge in [-0.1, -0.05) is 30.1 Å². The summed E-state index contributed by atoms with van der Waals surface area (Å²) in [5, 5.41) is 6.47. The molecule has 0 radical (unpaired) electrons. The number of primary amides is 1. The van der Waals surface area contributed by atoms with Crippen molar-refractivity contribution < 1.29 is 18.3 Å². The van der Waals surface area contributed by atoms with Crippen LogP contribution in [0.25, 0.3) is 11.2 Å². The summed E-state index contributed by atoms with van der Waals surface area (Å²) in [6.07, 6.45) is 3.47. The van der Waals surface area contributed by atoms with Crippen LogP contribution in [0.4, 0.5) is 26.4 Å². The van der Waals surface area contributed by atoms with Crippen LogP contribution < -0.4 is 16.4 Å². The number of anilines is 3. The Balaban J connectivity index is 1.52. The Morgan fingerprint density at radius 3 is 2.68 bits per heavy atom. The smallest absolute Gasteiger partial charge is 0.224 e. The quantitative estimate of drug-likeness (QED) is 0.368. The van der Waals surface area contributed by atoms with E-state index in [2.05, 4.69) is 20.6 Å². The molecule has 37 heavy (non-hydrogen) atoms. The lowest BCUT2D eigenvalue weighted by molar-refractivity contribution is -0.128. The van der Waals surface area contributed by atoms with Gasteiger partial charge in [-0.2, -0.15) is 4.98 Å². The van der Waals surface area contributed by atoms with Crippen molar-refractivity contribution in [3.05, 3.63) is 34.2 Å². The number of benzene rings is 1. The summed E-state index contributed by atoms with van der Waals surface area (Å²) in [7, 11) is 0. The van der Waals surface area contributed by atoms with Crippen LogP contribution in [0.1, 0.15) is 51.5 Å². The first-order valence-corrected chi connectivity index (χ1v) is 12.9. The number of amides is 1. The monoisotopic (exact) mass is 553 g/mol. The first-order valence-electron chi connectivity index (χ1n) is 12.1. The molecule has 9 nitrogen and oxygen atoms in total. The van der Waals surface area contributed by atoms with Crippen molar-refractivity contribution >= 4 is 57.9 Å². The van der Waals surface area contributed by atoms with Crippen LogP contribution in [-0.4, -0.2) is 44.4 Å². The highest BCUT2D eigenvalue weighted by Crippen LogP contribution is 2.43. The minimum atomic E-state index is -1.34. The maximum absolute atomic E-state index is 14.8. The molecule has 0 spiro atoms. The van der Waals surface area contributed by atoms with Gasteiger partial charge in [-0.3, -0.25) is 9.36 Å². The SMILES string of the molecule is CC1(C(N)=O)CCC(n2c(Nc3c(F)cc(Cl)cc3Cl)nc3cnc(N[C@H]4CCO[C@@H](F)C4)nc32)CC1. The van der Waals surface area contributed by atoms with E-state index < -0.39 is 17.6 Å². The topological polar surface area (TPSA) is 120 Å². The molecule has 0 bridgehead atoms. The number of alkyl halides is 1. The highest BCUT2D eigenvalue weighted by Gasteiger charge is 2.38. The van der Waals surface area contributed by atoms with Gasteiger partial charge in [0.05, 0.1) is 23.5 Å². The summed E-state index contributed by atoms with van der Waals surface area (Å²) < 4.78 is 35.3. The van der Waals surface area contributed by atoms with Gasteiger partial charge in [0.1, 0.15) is 11.3 Å². The molecule has 1 aliphatic carbocycles. The number of nitrogens with zero attached hydrogens (tertiary/aromatic N) is 4. The fourth-order valence-corrected chi connectivity index (χ4v) is 5.49. The molecule has 1 amide bonds.